The third kappa shape index (κ3) is 3.21. The Morgan fingerprint density at radius 2 is 2.27 bits per heavy atom. The predicted molar refractivity (Wildman–Crippen MR) is 66.1 cm³/mol. The molecule has 0 amide bonds. The summed E-state index contributed by atoms with van der Waals surface area (Å²) in [6, 6.07) is 5.31. The van der Waals surface area contributed by atoms with Gasteiger partial charge in [0.05, 0.1) is 0 Å². The third-order valence-electron chi connectivity index (χ3n) is 2.85. The van der Waals surface area contributed by atoms with Crippen LogP contribution >= 0.6 is 11.8 Å². The summed E-state index contributed by atoms with van der Waals surface area (Å²) in [6.45, 7) is 2.23. The van der Waals surface area contributed by atoms with Gasteiger partial charge in [-0.25, -0.2) is 0 Å². The van der Waals surface area contributed by atoms with Crippen LogP contribution in [0.4, 0.5) is 0 Å². The maximum Gasteiger partial charge on any atom is 0.0295 e. The van der Waals surface area contributed by atoms with Crippen molar-refractivity contribution in [3.05, 3.63) is 30.1 Å². The molecule has 1 aliphatic heterocycles. The van der Waals surface area contributed by atoms with Gasteiger partial charge in [0.25, 0.3) is 0 Å². The third-order valence-corrected chi connectivity index (χ3v) is 4.07. The molecule has 1 aromatic rings. The topological polar surface area (TPSA) is 24.9 Å². The van der Waals surface area contributed by atoms with Crippen molar-refractivity contribution in [3.8, 4) is 0 Å². The second-order valence-corrected chi connectivity index (χ2v) is 5.23. The van der Waals surface area contributed by atoms with Gasteiger partial charge in [0.1, 0.15) is 0 Å². The minimum Gasteiger partial charge on any atom is -0.307 e. The van der Waals surface area contributed by atoms with Gasteiger partial charge in [-0.05, 0) is 43.2 Å². The first kappa shape index (κ1) is 11.0. The highest BCUT2D eigenvalue weighted by Crippen LogP contribution is 2.20. The summed E-state index contributed by atoms with van der Waals surface area (Å²) < 4.78 is 0. The fourth-order valence-electron chi connectivity index (χ4n) is 1.97. The first-order valence-electron chi connectivity index (χ1n) is 5.60. The van der Waals surface area contributed by atoms with Crippen molar-refractivity contribution < 1.29 is 0 Å². The summed E-state index contributed by atoms with van der Waals surface area (Å²) in [6.07, 6.45) is 6.40. The lowest BCUT2D eigenvalue weighted by Crippen LogP contribution is -2.35. The summed E-state index contributed by atoms with van der Waals surface area (Å²) in [5.41, 5.74) is 1.33. The van der Waals surface area contributed by atoms with E-state index in [1.165, 1.54) is 29.9 Å². The normalized spacial score (nSPS) is 23.7. The molecule has 1 N–H and O–H groups in total. The van der Waals surface area contributed by atoms with Gasteiger partial charge >= 0.3 is 0 Å². The highest BCUT2D eigenvalue weighted by atomic mass is 32.2. The van der Waals surface area contributed by atoms with Crippen molar-refractivity contribution in [1.29, 1.82) is 0 Å². The van der Waals surface area contributed by atoms with E-state index in [1.54, 1.807) is 0 Å². The van der Waals surface area contributed by atoms with Crippen LogP contribution < -0.4 is 5.32 Å². The molecule has 0 bridgehead atoms. The largest absolute Gasteiger partial charge is 0.307 e. The summed E-state index contributed by atoms with van der Waals surface area (Å²) in [5, 5.41) is 3.69. The minimum absolute atomic E-state index is 0.441. The number of hydrogen-bond donors (Lipinski definition) is 1. The van der Waals surface area contributed by atoms with Crippen molar-refractivity contribution in [1.82, 2.24) is 10.3 Å². The highest BCUT2D eigenvalue weighted by Gasteiger charge is 2.16. The second kappa shape index (κ2) is 5.52. The molecule has 3 heteroatoms. The molecule has 1 aromatic heterocycles. The second-order valence-electron chi connectivity index (χ2n) is 4.08. The molecule has 1 saturated heterocycles. The lowest BCUT2D eigenvalue weighted by molar-refractivity contribution is 0.452. The van der Waals surface area contributed by atoms with Gasteiger partial charge in [-0.1, -0.05) is 0 Å². The Labute approximate surface area is 95.9 Å². The van der Waals surface area contributed by atoms with Crippen LogP contribution in [0.1, 0.15) is 31.4 Å². The van der Waals surface area contributed by atoms with E-state index in [1.807, 2.05) is 12.4 Å². The molecule has 2 nitrogen and oxygen atoms in total. The van der Waals surface area contributed by atoms with Crippen LogP contribution in [0.3, 0.4) is 0 Å². The van der Waals surface area contributed by atoms with E-state index in [9.17, 15) is 0 Å². The van der Waals surface area contributed by atoms with E-state index < -0.39 is 0 Å². The van der Waals surface area contributed by atoms with Gasteiger partial charge in [0.2, 0.25) is 0 Å². The van der Waals surface area contributed by atoms with Crippen molar-refractivity contribution in [2.75, 3.05) is 11.5 Å². The van der Waals surface area contributed by atoms with E-state index in [-0.39, 0.29) is 0 Å². The number of thioether (sulfide) groups is 1. The van der Waals surface area contributed by atoms with Crippen LogP contribution in [0.25, 0.3) is 0 Å². The van der Waals surface area contributed by atoms with Gasteiger partial charge in [-0.2, -0.15) is 11.8 Å². The molecule has 1 aliphatic rings. The molecule has 2 heterocycles. The fourth-order valence-corrected chi connectivity index (χ4v) is 3.06. The van der Waals surface area contributed by atoms with Gasteiger partial charge in [-0.3, -0.25) is 4.98 Å². The summed E-state index contributed by atoms with van der Waals surface area (Å²) >= 11 is 2.07. The molecule has 2 atom stereocenters. The minimum atomic E-state index is 0.441. The van der Waals surface area contributed by atoms with Crippen LogP contribution in [0.2, 0.25) is 0 Å². The average molecular weight is 222 g/mol. The molecule has 0 spiro atoms. The first-order valence-corrected chi connectivity index (χ1v) is 6.75. The summed E-state index contributed by atoms with van der Waals surface area (Å²) in [5.74, 6) is 2.59. The maximum atomic E-state index is 4.04. The summed E-state index contributed by atoms with van der Waals surface area (Å²) in [7, 11) is 0. The Morgan fingerprint density at radius 3 is 2.93 bits per heavy atom. The van der Waals surface area contributed by atoms with Crippen LogP contribution in [0, 0.1) is 0 Å². The first-order chi connectivity index (χ1) is 7.36. The maximum absolute atomic E-state index is 4.04. The Hall–Kier alpha value is -0.540. The molecule has 82 valence electrons. The van der Waals surface area contributed by atoms with E-state index in [0.717, 1.165) is 0 Å². The van der Waals surface area contributed by atoms with E-state index >= 15 is 0 Å². The van der Waals surface area contributed by atoms with Crippen molar-refractivity contribution in [2.45, 2.75) is 31.8 Å². The average Bonchev–Trinajstić information content (AvgIpc) is 2.31. The number of rotatable bonds is 3. The zero-order valence-electron chi connectivity index (χ0n) is 9.15. The Kier molecular flexibility index (Phi) is 4.03. The number of nitrogens with one attached hydrogen (secondary N) is 1. The highest BCUT2D eigenvalue weighted by molar-refractivity contribution is 7.99. The Balaban J connectivity index is 1.88. The lowest BCUT2D eigenvalue weighted by Gasteiger charge is -2.26. The number of nitrogens with zero attached hydrogens (tertiary/aromatic N) is 1. The summed E-state index contributed by atoms with van der Waals surface area (Å²) in [4.78, 5) is 4.04. The number of aromatic nitrogens is 1. The molecular weight excluding hydrogens is 204 g/mol. The Bertz CT molecular complexity index is 283. The van der Waals surface area contributed by atoms with Crippen LogP contribution in [-0.2, 0) is 0 Å². The quantitative estimate of drug-likeness (QED) is 0.851. The molecule has 1 fully saturated rings. The van der Waals surface area contributed by atoms with E-state index in [4.69, 9.17) is 0 Å². The SMILES string of the molecule is C[C@H](N[C@@H]1CCCSC1)c1ccncc1. The van der Waals surface area contributed by atoms with Gasteiger partial charge < -0.3 is 5.32 Å². The molecule has 0 unspecified atom stereocenters. The van der Waals surface area contributed by atoms with Crippen LogP contribution in [0.15, 0.2) is 24.5 Å². The van der Waals surface area contributed by atoms with E-state index in [0.29, 0.717) is 12.1 Å². The van der Waals surface area contributed by atoms with Gasteiger partial charge in [0.15, 0.2) is 0 Å². The molecule has 15 heavy (non-hydrogen) atoms. The van der Waals surface area contributed by atoms with E-state index in [2.05, 4.69) is 41.1 Å². The fraction of sp³-hybridized carbons (Fsp3) is 0.583. The number of pyridine rings is 1. The zero-order valence-corrected chi connectivity index (χ0v) is 9.96. The zero-order chi connectivity index (χ0) is 10.5. The van der Waals surface area contributed by atoms with Gasteiger partial charge in [-0.15, -0.1) is 0 Å². The van der Waals surface area contributed by atoms with Crippen molar-refractivity contribution >= 4 is 11.8 Å². The smallest absolute Gasteiger partial charge is 0.0295 e. The molecule has 0 saturated carbocycles. The molecular formula is C12H18N2S. The van der Waals surface area contributed by atoms with Crippen molar-refractivity contribution in [2.24, 2.45) is 0 Å². The molecule has 0 aromatic carbocycles. The number of hydrogen-bond acceptors (Lipinski definition) is 3. The molecule has 2 rings (SSSR count). The molecule has 0 aliphatic carbocycles. The van der Waals surface area contributed by atoms with Crippen LogP contribution in [-0.4, -0.2) is 22.5 Å². The monoisotopic (exact) mass is 222 g/mol. The van der Waals surface area contributed by atoms with Crippen molar-refractivity contribution in [3.63, 3.8) is 0 Å². The Morgan fingerprint density at radius 1 is 1.47 bits per heavy atom. The standard InChI is InChI=1S/C12H18N2S/c1-10(11-4-6-13-7-5-11)14-12-3-2-8-15-9-12/h4-7,10,12,14H,2-3,8-9H2,1H3/t10-,12+/m0/s1. The predicted octanol–water partition coefficient (Wildman–Crippen LogP) is 2.63. The van der Waals surface area contributed by atoms with Gasteiger partial charge in [0, 0.05) is 30.2 Å². The van der Waals surface area contributed by atoms with Crippen LogP contribution in [0.5, 0.6) is 0 Å². The lowest BCUT2D eigenvalue weighted by atomic mass is 10.1. The molecule has 0 radical (unpaired) electrons.